The summed E-state index contributed by atoms with van der Waals surface area (Å²) in [5, 5.41) is 18.4. The van der Waals surface area contributed by atoms with E-state index in [4.69, 9.17) is 15.1 Å². The molecule has 0 aliphatic carbocycles. The van der Waals surface area contributed by atoms with Gasteiger partial charge < -0.3 is 15.4 Å². The maximum Gasteiger partial charge on any atom is 0.222 e. The summed E-state index contributed by atoms with van der Waals surface area (Å²) >= 11 is 0. The molecule has 9 nitrogen and oxygen atoms in total. The number of hydrogen-bond donors (Lipinski definition) is 3. The molecular formula is C21H27N7O2. The predicted octanol–water partition coefficient (Wildman–Crippen LogP) is 3.31. The molecule has 0 aliphatic rings. The van der Waals surface area contributed by atoms with Crippen LogP contribution < -0.4 is 15.4 Å². The largest absolute Gasteiger partial charge is 0.477 e. The van der Waals surface area contributed by atoms with Crippen molar-refractivity contribution in [2.45, 2.75) is 40.7 Å². The van der Waals surface area contributed by atoms with Gasteiger partial charge in [-0.2, -0.15) is 5.10 Å². The molecule has 1 amide bonds. The van der Waals surface area contributed by atoms with E-state index in [1.807, 2.05) is 36.7 Å². The molecule has 3 aromatic rings. The van der Waals surface area contributed by atoms with Gasteiger partial charge in [0.1, 0.15) is 16.9 Å². The van der Waals surface area contributed by atoms with Gasteiger partial charge in [-0.25, -0.2) is 9.97 Å². The maximum atomic E-state index is 11.2. The summed E-state index contributed by atoms with van der Waals surface area (Å²) in [7, 11) is 0. The summed E-state index contributed by atoms with van der Waals surface area (Å²) in [5.41, 5.74) is 4.66. The molecule has 30 heavy (non-hydrogen) atoms. The Balaban J connectivity index is 2.14. The smallest absolute Gasteiger partial charge is 0.222 e. The quantitative estimate of drug-likeness (QED) is 0.407. The fourth-order valence-corrected chi connectivity index (χ4v) is 3.21. The molecule has 0 spiro atoms. The van der Waals surface area contributed by atoms with Crippen LogP contribution in [0.3, 0.4) is 0 Å². The van der Waals surface area contributed by atoms with E-state index in [0.29, 0.717) is 18.2 Å². The molecule has 0 saturated carbocycles. The zero-order chi connectivity index (χ0) is 21.8. The first-order valence-corrected chi connectivity index (χ1v) is 9.88. The number of nitrogens with one attached hydrogen (secondary N) is 3. The van der Waals surface area contributed by atoms with Crippen LogP contribution in [0.2, 0.25) is 0 Å². The lowest BCUT2D eigenvalue weighted by Gasteiger charge is -2.15. The zero-order valence-corrected chi connectivity index (χ0v) is 17.9. The van der Waals surface area contributed by atoms with Crippen molar-refractivity contribution in [1.82, 2.24) is 25.1 Å². The van der Waals surface area contributed by atoms with E-state index in [1.165, 1.54) is 6.92 Å². The second kappa shape index (κ2) is 8.89. The van der Waals surface area contributed by atoms with Gasteiger partial charge in [0.25, 0.3) is 0 Å². The highest BCUT2D eigenvalue weighted by atomic mass is 16.5. The van der Waals surface area contributed by atoms with Gasteiger partial charge in [0.15, 0.2) is 0 Å². The number of aromatic nitrogens is 4. The summed E-state index contributed by atoms with van der Waals surface area (Å²) in [6.07, 6.45) is 1.68. The third kappa shape index (κ3) is 4.40. The second-order valence-electron chi connectivity index (χ2n) is 7.18. The highest BCUT2D eigenvalue weighted by Crippen LogP contribution is 2.34. The Kier molecular flexibility index (Phi) is 6.29. The molecule has 0 saturated heterocycles. The topological polar surface area (TPSA) is 118 Å². The van der Waals surface area contributed by atoms with Gasteiger partial charge >= 0.3 is 0 Å². The van der Waals surface area contributed by atoms with Crippen molar-refractivity contribution in [3.8, 4) is 17.1 Å². The van der Waals surface area contributed by atoms with Crippen LogP contribution in [0.15, 0.2) is 24.4 Å². The molecule has 0 bridgehead atoms. The molecule has 0 unspecified atom stereocenters. The Morgan fingerprint density at radius 3 is 2.80 bits per heavy atom. The number of fused-ring (bicyclic) bond motifs is 1. The van der Waals surface area contributed by atoms with Crippen LogP contribution in [0, 0.1) is 12.3 Å². The molecule has 0 radical (unpaired) electrons. The molecule has 0 fully saturated rings. The van der Waals surface area contributed by atoms with Crippen LogP contribution >= 0.6 is 0 Å². The van der Waals surface area contributed by atoms with E-state index in [9.17, 15) is 4.79 Å². The van der Waals surface area contributed by atoms with Crippen molar-refractivity contribution in [2.75, 3.05) is 18.5 Å². The van der Waals surface area contributed by atoms with Gasteiger partial charge in [0.2, 0.25) is 11.8 Å². The van der Waals surface area contributed by atoms with Crippen LogP contribution in [-0.2, 0) is 4.79 Å². The van der Waals surface area contributed by atoms with Crippen molar-refractivity contribution in [1.29, 1.82) is 5.41 Å². The molecule has 3 rings (SSSR count). The third-order valence-electron chi connectivity index (χ3n) is 4.42. The predicted molar refractivity (Wildman–Crippen MR) is 117 cm³/mol. The van der Waals surface area contributed by atoms with Gasteiger partial charge in [0, 0.05) is 19.2 Å². The Bertz CT molecular complexity index is 1090. The van der Waals surface area contributed by atoms with Gasteiger partial charge in [-0.05, 0) is 45.9 Å². The average molecular weight is 409 g/mol. The molecule has 0 aromatic carbocycles. The van der Waals surface area contributed by atoms with E-state index < -0.39 is 0 Å². The van der Waals surface area contributed by atoms with Gasteiger partial charge in [0.05, 0.1) is 35.8 Å². The molecule has 0 aliphatic heterocycles. The number of hydrogen-bond acceptors (Lipinski definition) is 7. The number of aryl methyl sites for hydroxylation is 1. The summed E-state index contributed by atoms with van der Waals surface area (Å²) in [4.78, 5) is 20.4. The van der Waals surface area contributed by atoms with Gasteiger partial charge in [-0.1, -0.05) is 0 Å². The van der Waals surface area contributed by atoms with Gasteiger partial charge in [-0.3, -0.25) is 14.9 Å². The zero-order valence-electron chi connectivity index (χ0n) is 17.9. The van der Waals surface area contributed by atoms with Crippen molar-refractivity contribution in [3.63, 3.8) is 0 Å². The summed E-state index contributed by atoms with van der Waals surface area (Å²) in [6.45, 7) is 9.97. The number of pyridine rings is 2. The van der Waals surface area contributed by atoms with Crippen molar-refractivity contribution >= 4 is 28.5 Å². The second-order valence-corrected chi connectivity index (χ2v) is 7.18. The van der Waals surface area contributed by atoms with E-state index >= 15 is 0 Å². The van der Waals surface area contributed by atoms with E-state index in [0.717, 1.165) is 28.0 Å². The highest BCUT2D eigenvalue weighted by molar-refractivity contribution is 5.99. The van der Waals surface area contributed by atoms with E-state index in [2.05, 4.69) is 34.6 Å². The van der Waals surface area contributed by atoms with E-state index in [-0.39, 0.29) is 24.3 Å². The summed E-state index contributed by atoms with van der Waals surface area (Å²) in [6, 6.07) is 5.79. The number of anilines is 1. The number of amidine groups is 1. The Morgan fingerprint density at radius 2 is 2.13 bits per heavy atom. The first kappa shape index (κ1) is 21.2. The Hall–Kier alpha value is -3.49. The SMILES string of the molecule is CCOc1ncccc1-c1cc(NCC(=N)NC(C)=O)c2c(n1)c(C)nn2C(C)C. The summed E-state index contributed by atoms with van der Waals surface area (Å²) < 4.78 is 7.60. The first-order valence-electron chi connectivity index (χ1n) is 9.88. The molecule has 158 valence electrons. The van der Waals surface area contributed by atoms with E-state index in [1.54, 1.807) is 6.20 Å². The number of amides is 1. The Morgan fingerprint density at radius 1 is 1.37 bits per heavy atom. The summed E-state index contributed by atoms with van der Waals surface area (Å²) in [5.74, 6) is 0.317. The third-order valence-corrected chi connectivity index (χ3v) is 4.42. The number of carbonyl (C=O) groups is 1. The average Bonchev–Trinajstić information content (AvgIpc) is 3.03. The fraction of sp³-hybridized carbons (Fsp3) is 0.381. The molecular weight excluding hydrogens is 382 g/mol. The normalized spacial score (nSPS) is 11.0. The fourth-order valence-electron chi connectivity index (χ4n) is 3.21. The highest BCUT2D eigenvalue weighted by Gasteiger charge is 2.19. The number of ether oxygens (including phenoxy) is 1. The number of nitrogens with zero attached hydrogens (tertiary/aromatic N) is 4. The van der Waals surface area contributed by atoms with Crippen LogP contribution in [0.4, 0.5) is 5.69 Å². The lowest BCUT2D eigenvalue weighted by Crippen LogP contribution is -2.32. The number of rotatable bonds is 7. The molecule has 3 N–H and O–H groups in total. The van der Waals surface area contributed by atoms with Crippen LogP contribution in [0.25, 0.3) is 22.3 Å². The minimum atomic E-state index is -0.276. The van der Waals surface area contributed by atoms with Crippen molar-refractivity contribution < 1.29 is 9.53 Å². The lowest BCUT2D eigenvalue weighted by molar-refractivity contribution is -0.117. The molecule has 0 atom stereocenters. The molecule has 3 heterocycles. The van der Waals surface area contributed by atoms with Crippen molar-refractivity contribution in [3.05, 3.63) is 30.1 Å². The standard InChI is InChI=1S/C21H27N7O2/c1-6-30-21-15(8-7-9-23-21)16-10-17(24-11-18(22)25-14(5)29)20-19(26-16)13(4)27-28(20)12(2)3/h7-10,12H,6,11H2,1-5H3,(H,24,26)(H2,22,25,29). The van der Waals surface area contributed by atoms with Crippen molar-refractivity contribution in [2.24, 2.45) is 0 Å². The minimum Gasteiger partial charge on any atom is -0.477 e. The number of carbonyl (C=O) groups excluding carboxylic acids is 1. The maximum absolute atomic E-state index is 11.2. The van der Waals surface area contributed by atoms with Crippen LogP contribution in [-0.4, -0.2) is 44.6 Å². The lowest BCUT2D eigenvalue weighted by atomic mass is 10.1. The monoisotopic (exact) mass is 409 g/mol. The van der Waals surface area contributed by atoms with Crippen LogP contribution in [0.5, 0.6) is 5.88 Å². The van der Waals surface area contributed by atoms with Crippen LogP contribution in [0.1, 0.15) is 39.4 Å². The van der Waals surface area contributed by atoms with Gasteiger partial charge in [-0.15, -0.1) is 0 Å². The minimum absolute atomic E-state index is 0.0812. The Labute approximate surface area is 175 Å². The molecule has 9 heteroatoms. The molecule has 3 aromatic heterocycles. The first-order chi connectivity index (χ1) is 14.3.